The number of ether oxygens (including phenoxy) is 18. The maximum atomic E-state index is 12.7. The Morgan fingerprint density at radius 1 is 0.413 bits per heavy atom. The molecule has 0 unspecified atom stereocenters. The zero-order chi connectivity index (χ0) is 46.1. The molecule has 6 aliphatic rings. The van der Waals surface area contributed by atoms with Gasteiger partial charge in [0.05, 0.1) is 6.61 Å². The molecule has 0 amide bonds. The van der Waals surface area contributed by atoms with Crippen LogP contribution >= 0.6 is 0 Å². The summed E-state index contributed by atoms with van der Waals surface area (Å²) in [6, 6.07) is 0. The summed E-state index contributed by atoms with van der Waals surface area (Å²) in [6.45, 7) is 10.9. The van der Waals surface area contributed by atoms with Gasteiger partial charge in [-0.15, -0.1) is 0 Å². The maximum Gasteiger partial charge on any atom is 0.303 e. The van der Waals surface area contributed by atoms with Gasteiger partial charge >= 0.3 is 41.8 Å². The van der Waals surface area contributed by atoms with Crippen LogP contribution in [0.3, 0.4) is 0 Å². The zero-order valence-corrected chi connectivity index (χ0v) is 36.1. The summed E-state index contributed by atoms with van der Waals surface area (Å²) in [4.78, 5) is 85.1. The lowest BCUT2D eigenvalue weighted by atomic mass is 9.98. The van der Waals surface area contributed by atoms with Gasteiger partial charge < -0.3 is 75.8 Å². The van der Waals surface area contributed by atoms with Crippen LogP contribution in [0.25, 0.3) is 0 Å². The Labute approximate surface area is 359 Å². The highest BCUT2D eigenvalue weighted by Crippen LogP contribution is 2.45. The summed E-state index contributed by atoms with van der Waals surface area (Å²) >= 11 is 0. The van der Waals surface area contributed by atoms with Crippen molar-refractivity contribution in [2.75, 3.05) is 19.8 Å². The highest BCUT2D eigenvalue weighted by atomic mass is 17.0. The normalized spacial score (nSPS) is 41.5. The second-order valence-corrected chi connectivity index (χ2v) is 15.4. The Bertz CT molecular complexity index is 1740. The van der Waals surface area contributed by atoms with Crippen molar-refractivity contribution >= 4 is 41.8 Å². The van der Waals surface area contributed by atoms with Crippen molar-refractivity contribution in [3.63, 3.8) is 0 Å². The molecule has 0 aromatic rings. The van der Waals surface area contributed by atoms with Gasteiger partial charge in [-0.2, -0.15) is 0 Å². The Morgan fingerprint density at radius 3 is 1.24 bits per heavy atom. The predicted molar refractivity (Wildman–Crippen MR) is 192 cm³/mol. The van der Waals surface area contributed by atoms with E-state index in [1.807, 2.05) is 0 Å². The third-order valence-electron chi connectivity index (χ3n) is 10.1. The molecule has 6 saturated heterocycles. The van der Waals surface area contributed by atoms with E-state index in [2.05, 4.69) is 0 Å². The topological polar surface area (TPSA) is 286 Å². The molecule has 354 valence electrons. The van der Waals surface area contributed by atoms with Gasteiger partial charge in [-0.3, -0.25) is 43.0 Å². The minimum Gasteiger partial charge on any atom is -0.463 e. The van der Waals surface area contributed by atoms with Crippen LogP contribution < -0.4 is 0 Å². The molecule has 6 rings (SSSR count). The van der Waals surface area contributed by atoms with E-state index in [-0.39, 0.29) is 0 Å². The third-order valence-corrected chi connectivity index (χ3v) is 10.1. The van der Waals surface area contributed by atoms with E-state index in [0.717, 1.165) is 48.5 Å². The first-order valence-corrected chi connectivity index (χ1v) is 20.0. The van der Waals surface area contributed by atoms with Gasteiger partial charge in [-0.25, -0.2) is 0 Å². The molecule has 0 aromatic carbocycles. The van der Waals surface area contributed by atoms with Gasteiger partial charge in [0.25, 0.3) is 11.9 Å². The van der Waals surface area contributed by atoms with E-state index in [9.17, 15) is 33.6 Å². The van der Waals surface area contributed by atoms with Crippen molar-refractivity contribution in [1.82, 2.24) is 0 Å². The van der Waals surface area contributed by atoms with E-state index >= 15 is 0 Å². The standard InChI is InChI=1S/C38H52O25/c1-14(39)46-11-22-25(49-16(3)41)28(52-19(6)44)32-35(57-22)62-37(9,60-32)48-13-24-27(51-18(5)43)30(31-34(56-24)55-21(8)54-31)59-38(10)61-33-29(53-20(7)45)26(50-17(4)42)23(12-47-15(2)40)58-36(33)63-38/h21-36H,11-13H2,1-10H3/t21-,22+,23-,24+,25+,26-,27-,28-,29+,30-,31-,32+,33-,34-,35-,36+,37-,38+/m1/s1. The van der Waals surface area contributed by atoms with E-state index in [1.54, 1.807) is 6.92 Å². The van der Waals surface area contributed by atoms with Crippen LogP contribution in [0.4, 0.5) is 0 Å². The summed E-state index contributed by atoms with van der Waals surface area (Å²) in [6.07, 6.45) is -20.1. The van der Waals surface area contributed by atoms with Crippen LogP contribution in [0.15, 0.2) is 0 Å². The molecular weight excluding hydrogens is 856 g/mol. The number of fused-ring (bicyclic) bond motifs is 3. The molecule has 63 heavy (non-hydrogen) atoms. The lowest BCUT2D eigenvalue weighted by Gasteiger charge is -2.44. The van der Waals surface area contributed by atoms with Crippen LogP contribution in [0.1, 0.15) is 69.2 Å². The van der Waals surface area contributed by atoms with Gasteiger partial charge in [0.15, 0.2) is 67.9 Å². The van der Waals surface area contributed by atoms with Crippen molar-refractivity contribution in [2.24, 2.45) is 0 Å². The number of hydrogen-bond acceptors (Lipinski definition) is 25. The minimum absolute atomic E-state index is 0.411. The zero-order valence-electron chi connectivity index (χ0n) is 36.1. The molecule has 0 aliphatic carbocycles. The fourth-order valence-corrected chi connectivity index (χ4v) is 7.94. The van der Waals surface area contributed by atoms with Gasteiger partial charge in [0.1, 0.15) is 43.7 Å². The summed E-state index contributed by atoms with van der Waals surface area (Å²) in [5, 5.41) is 0. The molecule has 25 heteroatoms. The molecule has 0 bridgehead atoms. The molecule has 0 aromatic heterocycles. The summed E-state index contributed by atoms with van der Waals surface area (Å²) in [5.74, 6) is -9.30. The molecule has 0 spiro atoms. The lowest BCUT2D eigenvalue weighted by Crippen LogP contribution is -2.62. The van der Waals surface area contributed by atoms with Crippen LogP contribution in [-0.4, -0.2) is 172 Å². The molecule has 18 atom stereocenters. The quantitative estimate of drug-likeness (QED) is 0.154. The van der Waals surface area contributed by atoms with Crippen molar-refractivity contribution in [1.29, 1.82) is 0 Å². The summed E-state index contributed by atoms with van der Waals surface area (Å²) in [5.41, 5.74) is 0. The summed E-state index contributed by atoms with van der Waals surface area (Å²) in [7, 11) is 0. The van der Waals surface area contributed by atoms with Crippen LogP contribution in [0.2, 0.25) is 0 Å². The summed E-state index contributed by atoms with van der Waals surface area (Å²) < 4.78 is 105. The monoisotopic (exact) mass is 908 g/mol. The second-order valence-electron chi connectivity index (χ2n) is 15.4. The van der Waals surface area contributed by atoms with Gasteiger partial charge in [0.2, 0.25) is 0 Å². The molecule has 6 fully saturated rings. The van der Waals surface area contributed by atoms with Crippen molar-refractivity contribution in [3.05, 3.63) is 0 Å². The first-order chi connectivity index (χ1) is 29.5. The Balaban J connectivity index is 1.24. The number of rotatable bonds is 14. The van der Waals surface area contributed by atoms with E-state index < -0.39 is 172 Å². The SMILES string of the molecule is CC(=O)OC[C@@H]1O[C@@H]2O[C@](C)(OC[C@@H]3O[C@H]4O[C@H](C)O[C@@H]4[C@H](O[C@]4(C)O[C@@H]5O[C@H](COC(C)=O)[C@@H](OC(C)=O)[C@H](OC(C)=O)[C@H]5O4)[C@@H]3OC(C)=O)O[C@H]2[C@H](OC(C)=O)[C@H]1OC(C)=O. The van der Waals surface area contributed by atoms with Gasteiger partial charge in [-0.05, 0) is 6.92 Å². The Morgan fingerprint density at radius 2 is 0.794 bits per heavy atom. The third kappa shape index (κ3) is 11.6. The molecule has 25 nitrogen and oxygen atoms in total. The van der Waals surface area contributed by atoms with Crippen molar-refractivity contribution in [2.45, 2.75) is 180 Å². The molecule has 6 heterocycles. The predicted octanol–water partition coefficient (Wildman–Crippen LogP) is -0.713. The van der Waals surface area contributed by atoms with Gasteiger partial charge in [-0.1, -0.05) is 0 Å². The molecule has 0 saturated carbocycles. The van der Waals surface area contributed by atoms with Gasteiger partial charge in [0, 0.05) is 62.3 Å². The number of carbonyl (C=O) groups is 7. The molecule has 0 radical (unpaired) electrons. The average molecular weight is 909 g/mol. The molecular formula is C38H52O25. The number of carbonyl (C=O) groups excluding carboxylic acids is 7. The largest absolute Gasteiger partial charge is 0.463 e. The van der Waals surface area contributed by atoms with Crippen LogP contribution in [0, 0.1) is 0 Å². The minimum atomic E-state index is -2.11. The van der Waals surface area contributed by atoms with Crippen LogP contribution in [-0.2, 0) is 119 Å². The fourth-order valence-electron chi connectivity index (χ4n) is 7.94. The number of hydrogen-bond donors (Lipinski definition) is 0. The highest BCUT2D eigenvalue weighted by molar-refractivity contribution is 5.69. The first-order valence-electron chi connectivity index (χ1n) is 20.0. The Kier molecular flexibility index (Phi) is 15.0. The number of esters is 7. The van der Waals surface area contributed by atoms with Crippen molar-refractivity contribution < 1.29 is 119 Å². The Hall–Kier alpha value is -4.15. The van der Waals surface area contributed by atoms with Crippen LogP contribution in [0.5, 0.6) is 0 Å². The first kappa shape index (κ1) is 48.3. The molecule has 6 aliphatic heterocycles. The maximum absolute atomic E-state index is 12.7. The van der Waals surface area contributed by atoms with E-state index in [0.29, 0.717) is 0 Å². The van der Waals surface area contributed by atoms with E-state index in [1.165, 1.54) is 13.8 Å². The van der Waals surface area contributed by atoms with E-state index in [4.69, 9.17) is 85.3 Å². The molecule has 0 N–H and O–H groups in total. The lowest BCUT2D eigenvalue weighted by molar-refractivity contribution is -0.396. The fraction of sp³-hybridized carbons (Fsp3) is 0.816. The smallest absolute Gasteiger partial charge is 0.303 e. The average Bonchev–Trinajstić information content (AvgIpc) is 3.82. The highest BCUT2D eigenvalue weighted by Gasteiger charge is 2.64. The van der Waals surface area contributed by atoms with Crippen molar-refractivity contribution in [3.8, 4) is 0 Å². The second kappa shape index (κ2) is 19.5.